The predicted molar refractivity (Wildman–Crippen MR) is 169 cm³/mol. The molecular weight excluding hydrogens is 584 g/mol. The van der Waals surface area contributed by atoms with Crippen LogP contribution in [0, 0.1) is 0 Å². The van der Waals surface area contributed by atoms with Gasteiger partial charge in [0.2, 0.25) is 11.8 Å². The van der Waals surface area contributed by atoms with Gasteiger partial charge in [0.05, 0.1) is 25.4 Å². The predicted octanol–water partition coefficient (Wildman–Crippen LogP) is 1.91. The first-order valence-electron chi connectivity index (χ1n) is 16.6. The number of aliphatic hydroxyl groups excluding tert-OH is 6. The van der Waals surface area contributed by atoms with E-state index in [0.29, 0.717) is 12.1 Å². The molecule has 1 heterocycles. The molecular formula is C33H56N2O10. The van der Waals surface area contributed by atoms with Crippen molar-refractivity contribution < 1.29 is 49.7 Å². The molecule has 0 unspecified atom stereocenters. The van der Waals surface area contributed by atoms with E-state index < -0.39 is 62.2 Å². The van der Waals surface area contributed by atoms with Crippen molar-refractivity contribution in [1.29, 1.82) is 0 Å². The third-order valence-corrected chi connectivity index (χ3v) is 8.13. The van der Waals surface area contributed by atoms with Crippen LogP contribution in [0.5, 0.6) is 0 Å². The molecule has 0 aromatic heterocycles. The first-order valence-corrected chi connectivity index (χ1v) is 16.6. The minimum Gasteiger partial charge on any atom is -0.394 e. The molecule has 258 valence electrons. The van der Waals surface area contributed by atoms with Gasteiger partial charge in [0, 0.05) is 18.5 Å². The van der Waals surface area contributed by atoms with Crippen molar-refractivity contribution >= 4 is 17.5 Å². The van der Waals surface area contributed by atoms with E-state index in [4.69, 9.17) is 9.47 Å². The summed E-state index contributed by atoms with van der Waals surface area (Å²) in [6.45, 7) is 3.21. The van der Waals surface area contributed by atoms with Gasteiger partial charge in [-0.15, -0.1) is 0 Å². The molecule has 2 amide bonds. The number of anilines is 1. The lowest BCUT2D eigenvalue weighted by atomic mass is 9.99. The third-order valence-electron chi connectivity index (χ3n) is 8.13. The van der Waals surface area contributed by atoms with Crippen molar-refractivity contribution in [3.8, 4) is 0 Å². The third kappa shape index (κ3) is 14.0. The van der Waals surface area contributed by atoms with Gasteiger partial charge < -0.3 is 50.7 Å². The lowest BCUT2D eigenvalue weighted by Gasteiger charge is -2.40. The molecule has 12 nitrogen and oxygen atoms in total. The molecule has 8 N–H and O–H groups in total. The summed E-state index contributed by atoms with van der Waals surface area (Å²) in [6, 6.07) is 6.61. The Hall–Kier alpha value is -2.16. The summed E-state index contributed by atoms with van der Waals surface area (Å²) in [5.41, 5.74) is 1.86. The summed E-state index contributed by atoms with van der Waals surface area (Å²) >= 11 is 0. The van der Waals surface area contributed by atoms with Crippen LogP contribution in [0.2, 0.25) is 0 Å². The highest BCUT2D eigenvalue weighted by Crippen LogP contribution is 2.23. The van der Waals surface area contributed by atoms with Crippen LogP contribution in [0.3, 0.4) is 0 Å². The van der Waals surface area contributed by atoms with E-state index in [1.165, 1.54) is 0 Å². The van der Waals surface area contributed by atoms with Gasteiger partial charge in [-0.3, -0.25) is 9.59 Å². The normalized spacial score (nSPS) is 23.7. The highest BCUT2D eigenvalue weighted by molar-refractivity contribution is 5.90. The van der Waals surface area contributed by atoms with E-state index in [1.54, 1.807) is 0 Å². The van der Waals surface area contributed by atoms with E-state index in [9.17, 15) is 40.2 Å². The SMILES string of the molecule is CCCCCCCC(=O)N[C@@H](CO[C@H]1O[C@H](CO)[C@H](O)[C@H](O)[C@H]1O)[C@H](O)[C@H](O)CCCC(=O)Nc1cccc(CCCCC)c1. The Morgan fingerprint density at radius 2 is 1.58 bits per heavy atom. The lowest BCUT2D eigenvalue weighted by molar-refractivity contribution is -0.303. The summed E-state index contributed by atoms with van der Waals surface area (Å²) < 4.78 is 10.9. The second-order valence-corrected chi connectivity index (χ2v) is 12.0. The van der Waals surface area contributed by atoms with E-state index in [-0.39, 0.29) is 37.5 Å². The van der Waals surface area contributed by atoms with Gasteiger partial charge >= 0.3 is 0 Å². The zero-order chi connectivity index (χ0) is 33.2. The van der Waals surface area contributed by atoms with E-state index >= 15 is 0 Å². The number of carbonyl (C=O) groups excluding carboxylic acids is 2. The second-order valence-electron chi connectivity index (χ2n) is 12.0. The molecule has 0 saturated carbocycles. The molecule has 1 aromatic rings. The molecule has 45 heavy (non-hydrogen) atoms. The van der Waals surface area contributed by atoms with E-state index in [0.717, 1.165) is 56.9 Å². The Morgan fingerprint density at radius 3 is 2.29 bits per heavy atom. The maximum atomic E-state index is 12.7. The van der Waals surface area contributed by atoms with Crippen LogP contribution in [-0.2, 0) is 25.5 Å². The van der Waals surface area contributed by atoms with Crippen molar-refractivity contribution in [2.75, 3.05) is 18.5 Å². The highest BCUT2D eigenvalue weighted by Gasteiger charge is 2.44. The zero-order valence-corrected chi connectivity index (χ0v) is 26.9. The Kier molecular flexibility index (Phi) is 18.7. The topological polar surface area (TPSA) is 198 Å². The Morgan fingerprint density at radius 1 is 0.889 bits per heavy atom. The van der Waals surface area contributed by atoms with Crippen LogP contribution < -0.4 is 10.6 Å². The second kappa shape index (κ2) is 21.6. The first-order chi connectivity index (χ1) is 21.6. The quantitative estimate of drug-likeness (QED) is 0.0867. The molecule has 1 aliphatic heterocycles. The maximum absolute atomic E-state index is 12.7. The fourth-order valence-corrected chi connectivity index (χ4v) is 5.32. The van der Waals surface area contributed by atoms with Crippen LogP contribution in [0.25, 0.3) is 0 Å². The number of rotatable bonds is 22. The van der Waals surface area contributed by atoms with Gasteiger partial charge in [-0.2, -0.15) is 0 Å². The minimum absolute atomic E-state index is 0.0646. The molecule has 2 rings (SSSR count). The molecule has 1 aromatic carbocycles. The van der Waals surface area contributed by atoms with Gasteiger partial charge in [0.15, 0.2) is 6.29 Å². The Bertz CT molecular complexity index is 981. The first kappa shape index (κ1) is 39.0. The van der Waals surface area contributed by atoms with Crippen LogP contribution in [-0.4, -0.2) is 105 Å². The number of benzene rings is 1. The number of aryl methyl sites for hydroxylation is 1. The van der Waals surface area contributed by atoms with Gasteiger partial charge in [-0.1, -0.05) is 64.5 Å². The van der Waals surface area contributed by atoms with Crippen molar-refractivity contribution in [3.05, 3.63) is 29.8 Å². The monoisotopic (exact) mass is 640 g/mol. The average molecular weight is 641 g/mol. The van der Waals surface area contributed by atoms with Crippen molar-refractivity contribution in [1.82, 2.24) is 5.32 Å². The Balaban J connectivity index is 1.93. The largest absolute Gasteiger partial charge is 0.394 e. The number of carbonyl (C=O) groups is 2. The standard InChI is InChI=1S/C33H56N2O10/c1-3-5-7-8-10-17-28(39)35-24(21-44-33-32(43)31(42)30(41)26(20-36)45-33)29(40)25(37)16-12-18-27(38)34-23-15-11-14-22(19-23)13-9-6-4-2/h11,14-15,19,24-26,29-33,36-37,40-43H,3-10,12-13,16-18,20-21H2,1-2H3,(H,34,38)(H,35,39)/t24-,25+,26+,29-,30-,31-,32+,33-/m0/s1. The summed E-state index contributed by atoms with van der Waals surface area (Å²) in [7, 11) is 0. The molecule has 0 radical (unpaired) electrons. The van der Waals surface area contributed by atoms with Crippen molar-refractivity contribution in [2.45, 2.75) is 146 Å². The number of unbranched alkanes of at least 4 members (excludes halogenated alkanes) is 6. The molecule has 0 spiro atoms. The van der Waals surface area contributed by atoms with E-state index in [1.807, 2.05) is 24.3 Å². The smallest absolute Gasteiger partial charge is 0.224 e. The highest BCUT2D eigenvalue weighted by atomic mass is 16.7. The number of hydrogen-bond donors (Lipinski definition) is 8. The van der Waals surface area contributed by atoms with Gasteiger partial charge in [0.25, 0.3) is 0 Å². The fraction of sp³-hybridized carbons (Fsp3) is 0.758. The van der Waals surface area contributed by atoms with E-state index in [2.05, 4.69) is 24.5 Å². The molecule has 8 atom stereocenters. The number of nitrogens with one attached hydrogen (secondary N) is 2. The lowest BCUT2D eigenvalue weighted by Crippen LogP contribution is -2.60. The number of amides is 2. The number of aliphatic hydroxyl groups is 6. The van der Waals surface area contributed by atoms with Gasteiger partial charge in [-0.05, 0) is 49.8 Å². The van der Waals surface area contributed by atoms with Gasteiger partial charge in [-0.25, -0.2) is 0 Å². The average Bonchev–Trinajstić information content (AvgIpc) is 3.02. The molecule has 12 heteroatoms. The van der Waals surface area contributed by atoms with Crippen LogP contribution in [0.4, 0.5) is 5.69 Å². The Labute approximate surface area is 267 Å². The number of ether oxygens (including phenoxy) is 2. The number of hydrogen-bond acceptors (Lipinski definition) is 10. The van der Waals surface area contributed by atoms with Crippen molar-refractivity contribution in [2.24, 2.45) is 0 Å². The van der Waals surface area contributed by atoms with Crippen LogP contribution in [0.15, 0.2) is 24.3 Å². The molecule has 0 aliphatic carbocycles. The fourth-order valence-electron chi connectivity index (χ4n) is 5.32. The van der Waals surface area contributed by atoms with Crippen LogP contribution >= 0.6 is 0 Å². The molecule has 1 fully saturated rings. The zero-order valence-electron chi connectivity index (χ0n) is 26.9. The van der Waals surface area contributed by atoms with Crippen LogP contribution in [0.1, 0.15) is 96.5 Å². The maximum Gasteiger partial charge on any atom is 0.224 e. The molecule has 1 saturated heterocycles. The summed E-state index contributed by atoms with van der Waals surface area (Å²) in [4.78, 5) is 25.3. The molecule has 0 bridgehead atoms. The minimum atomic E-state index is -1.66. The summed E-state index contributed by atoms with van der Waals surface area (Å²) in [5, 5.41) is 67.2. The molecule has 1 aliphatic rings. The summed E-state index contributed by atoms with van der Waals surface area (Å²) in [5.74, 6) is -0.572. The van der Waals surface area contributed by atoms with Crippen molar-refractivity contribution in [3.63, 3.8) is 0 Å². The summed E-state index contributed by atoms with van der Waals surface area (Å²) in [6.07, 6.45) is -0.667. The van der Waals surface area contributed by atoms with Gasteiger partial charge in [0.1, 0.15) is 30.5 Å².